The first kappa shape index (κ1) is 12.1. The van der Waals surface area contributed by atoms with Gasteiger partial charge in [0.15, 0.2) is 0 Å². The van der Waals surface area contributed by atoms with E-state index >= 15 is 0 Å². The van der Waals surface area contributed by atoms with E-state index in [0.29, 0.717) is 18.8 Å². The SMILES string of the molecule is O=C(O)c1cccc(CNCc2cccnn2)n1. The Bertz CT molecular complexity index is 531. The van der Waals surface area contributed by atoms with Gasteiger partial charge in [0.1, 0.15) is 5.69 Å². The zero-order valence-corrected chi connectivity index (χ0v) is 9.58. The quantitative estimate of drug-likeness (QED) is 0.811. The Morgan fingerprint density at radius 3 is 2.67 bits per heavy atom. The van der Waals surface area contributed by atoms with Crippen molar-refractivity contribution in [3.8, 4) is 0 Å². The summed E-state index contributed by atoms with van der Waals surface area (Å²) in [6, 6.07) is 8.59. The van der Waals surface area contributed by atoms with Gasteiger partial charge in [-0.2, -0.15) is 10.2 Å². The summed E-state index contributed by atoms with van der Waals surface area (Å²) in [6.45, 7) is 1.05. The standard InChI is InChI=1S/C12H12N4O2/c17-12(18)11-5-1-3-9(15-11)7-13-8-10-4-2-6-14-16-10/h1-6,13H,7-8H2,(H,17,18). The molecule has 2 aromatic heterocycles. The molecular formula is C12H12N4O2. The molecule has 0 aliphatic carbocycles. The van der Waals surface area contributed by atoms with Crippen LogP contribution < -0.4 is 5.32 Å². The van der Waals surface area contributed by atoms with Gasteiger partial charge in [0, 0.05) is 19.3 Å². The second kappa shape index (κ2) is 5.83. The molecule has 0 aliphatic heterocycles. The number of aromatic nitrogens is 3. The Hall–Kier alpha value is -2.34. The van der Waals surface area contributed by atoms with Gasteiger partial charge in [-0.05, 0) is 24.3 Å². The Labute approximate surface area is 104 Å². The molecule has 0 saturated carbocycles. The van der Waals surface area contributed by atoms with E-state index in [1.165, 1.54) is 6.07 Å². The van der Waals surface area contributed by atoms with Crippen molar-refractivity contribution >= 4 is 5.97 Å². The van der Waals surface area contributed by atoms with Gasteiger partial charge in [0.2, 0.25) is 0 Å². The van der Waals surface area contributed by atoms with E-state index in [0.717, 1.165) is 5.69 Å². The van der Waals surface area contributed by atoms with Crippen LogP contribution in [-0.4, -0.2) is 26.3 Å². The van der Waals surface area contributed by atoms with Gasteiger partial charge in [-0.3, -0.25) is 0 Å². The molecule has 0 radical (unpaired) electrons. The van der Waals surface area contributed by atoms with Gasteiger partial charge in [-0.25, -0.2) is 9.78 Å². The predicted molar refractivity (Wildman–Crippen MR) is 63.8 cm³/mol. The van der Waals surface area contributed by atoms with E-state index in [9.17, 15) is 4.79 Å². The molecule has 0 aliphatic rings. The van der Waals surface area contributed by atoms with Crippen molar-refractivity contribution in [1.29, 1.82) is 0 Å². The summed E-state index contributed by atoms with van der Waals surface area (Å²) in [5.41, 5.74) is 1.56. The lowest BCUT2D eigenvalue weighted by molar-refractivity contribution is 0.0690. The molecule has 18 heavy (non-hydrogen) atoms. The Balaban J connectivity index is 1.90. The molecule has 0 amide bonds. The van der Waals surface area contributed by atoms with Crippen molar-refractivity contribution in [2.24, 2.45) is 0 Å². The second-order valence-corrected chi connectivity index (χ2v) is 3.64. The van der Waals surface area contributed by atoms with Crippen LogP contribution in [0.2, 0.25) is 0 Å². The second-order valence-electron chi connectivity index (χ2n) is 3.64. The minimum atomic E-state index is -1.02. The number of pyridine rings is 1. The minimum Gasteiger partial charge on any atom is -0.477 e. The number of hydrogen-bond acceptors (Lipinski definition) is 5. The van der Waals surface area contributed by atoms with E-state index in [2.05, 4.69) is 20.5 Å². The number of carbonyl (C=O) groups is 1. The number of nitrogens with one attached hydrogen (secondary N) is 1. The van der Waals surface area contributed by atoms with Crippen molar-refractivity contribution in [1.82, 2.24) is 20.5 Å². The highest BCUT2D eigenvalue weighted by atomic mass is 16.4. The lowest BCUT2D eigenvalue weighted by atomic mass is 10.3. The van der Waals surface area contributed by atoms with E-state index in [-0.39, 0.29) is 5.69 Å². The maximum Gasteiger partial charge on any atom is 0.354 e. The molecule has 0 aromatic carbocycles. The van der Waals surface area contributed by atoms with Gasteiger partial charge in [-0.15, -0.1) is 0 Å². The van der Waals surface area contributed by atoms with Crippen molar-refractivity contribution in [3.63, 3.8) is 0 Å². The lowest BCUT2D eigenvalue weighted by Crippen LogP contribution is -2.15. The van der Waals surface area contributed by atoms with Crippen LogP contribution in [-0.2, 0) is 13.1 Å². The highest BCUT2D eigenvalue weighted by molar-refractivity contribution is 5.85. The van der Waals surface area contributed by atoms with Crippen molar-refractivity contribution in [2.75, 3.05) is 0 Å². The van der Waals surface area contributed by atoms with Crippen LogP contribution in [0, 0.1) is 0 Å². The number of aromatic carboxylic acids is 1. The van der Waals surface area contributed by atoms with E-state index in [1.54, 1.807) is 18.3 Å². The first-order chi connectivity index (χ1) is 8.75. The van der Waals surface area contributed by atoms with Gasteiger partial charge in [0.05, 0.1) is 11.4 Å². The van der Waals surface area contributed by atoms with E-state index in [1.807, 2.05) is 12.1 Å². The summed E-state index contributed by atoms with van der Waals surface area (Å²) < 4.78 is 0. The van der Waals surface area contributed by atoms with Crippen molar-refractivity contribution < 1.29 is 9.90 Å². The summed E-state index contributed by atoms with van der Waals surface area (Å²) >= 11 is 0. The molecule has 2 heterocycles. The summed E-state index contributed by atoms with van der Waals surface area (Å²) in [4.78, 5) is 14.8. The van der Waals surface area contributed by atoms with Crippen LogP contribution in [0.1, 0.15) is 21.9 Å². The largest absolute Gasteiger partial charge is 0.477 e. The Kier molecular flexibility index (Phi) is 3.93. The maximum atomic E-state index is 10.7. The van der Waals surface area contributed by atoms with Crippen LogP contribution in [0.25, 0.3) is 0 Å². The van der Waals surface area contributed by atoms with Crippen LogP contribution in [0.4, 0.5) is 0 Å². The third kappa shape index (κ3) is 3.33. The summed E-state index contributed by atoms with van der Waals surface area (Å²) in [7, 11) is 0. The highest BCUT2D eigenvalue weighted by Crippen LogP contribution is 2.00. The van der Waals surface area contributed by atoms with E-state index in [4.69, 9.17) is 5.11 Å². The fourth-order valence-electron chi connectivity index (χ4n) is 1.44. The summed E-state index contributed by atoms with van der Waals surface area (Å²) in [5, 5.41) is 19.6. The third-order valence-electron chi connectivity index (χ3n) is 2.27. The topological polar surface area (TPSA) is 88.0 Å². The molecule has 0 bridgehead atoms. The monoisotopic (exact) mass is 244 g/mol. The third-order valence-corrected chi connectivity index (χ3v) is 2.27. The Morgan fingerprint density at radius 1 is 1.17 bits per heavy atom. The maximum absolute atomic E-state index is 10.7. The first-order valence-electron chi connectivity index (χ1n) is 5.42. The van der Waals surface area contributed by atoms with Crippen molar-refractivity contribution in [2.45, 2.75) is 13.1 Å². The molecule has 2 rings (SSSR count). The molecule has 6 nitrogen and oxygen atoms in total. The van der Waals surface area contributed by atoms with Gasteiger partial charge in [0.25, 0.3) is 0 Å². The average molecular weight is 244 g/mol. The molecule has 0 atom stereocenters. The first-order valence-corrected chi connectivity index (χ1v) is 5.42. The van der Waals surface area contributed by atoms with E-state index < -0.39 is 5.97 Å². The smallest absolute Gasteiger partial charge is 0.354 e. The zero-order valence-electron chi connectivity index (χ0n) is 9.58. The number of rotatable bonds is 5. The molecule has 0 saturated heterocycles. The molecular weight excluding hydrogens is 232 g/mol. The van der Waals surface area contributed by atoms with Gasteiger partial charge in [-0.1, -0.05) is 6.07 Å². The molecule has 6 heteroatoms. The average Bonchev–Trinajstić information content (AvgIpc) is 2.40. The van der Waals surface area contributed by atoms with Crippen LogP contribution in [0.5, 0.6) is 0 Å². The number of carboxylic acids is 1. The fraction of sp³-hybridized carbons (Fsp3) is 0.167. The van der Waals surface area contributed by atoms with Gasteiger partial charge >= 0.3 is 5.97 Å². The molecule has 0 unspecified atom stereocenters. The molecule has 92 valence electrons. The van der Waals surface area contributed by atoms with Crippen LogP contribution in [0.15, 0.2) is 36.5 Å². The minimum absolute atomic E-state index is 0.0498. The number of hydrogen-bond donors (Lipinski definition) is 2. The van der Waals surface area contributed by atoms with Crippen LogP contribution in [0.3, 0.4) is 0 Å². The van der Waals surface area contributed by atoms with Crippen molar-refractivity contribution in [3.05, 3.63) is 53.6 Å². The Morgan fingerprint density at radius 2 is 1.94 bits per heavy atom. The molecule has 2 N–H and O–H groups in total. The fourth-order valence-corrected chi connectivity index (χ4v) is 1.44. The molecule has 2 aromatic rings. The summed E-state index contributed by atoms with van der Waals surface area (Å²) in [5.74, 6) is -1.02. The molecule has 0 fully saturated rings. The lowest BCUT2D eigenvalue weighted by Gasteiger charge is -2.04. The summed E-state index contributed by atoms with van der Waals surface area (Å²) in [6.07, 6.45) is 1.61. The van der Waals surface area contributed by atoms with Gasteiger partial charge < -0.3 is 10.4 Å². The number of carboxylic acid groups (broad SMARTS) is 1. The zero-order chi connectivity index (χ0) is 12.8. The molecule has 0 spiro atoms. The predicted octanol–water partition coefficient (Wildman–Crippen LogP) is 0.860. The number of nitrogens with zero attached hydrogens (tertiary/aromatic N) is 3. The normalized spacial score (nSPS) is 10.2. The highest BCUT2D eigenvalue weighted by Gasteiger charge is 2.04. The van der Waals surface area contributed by atoms with Crippen LogP contribution >= 0.6 is 0 Å².